The molecule has 1 saturated heterocycles. The summed E-state index contributed by atoms with van der Waals surface area (Å²) in [6.45, 7) is 4.43. The maximum atomic E-state index is 13.8. The third-order valence-electron chi connectivity index (χ3n) is 6.85. The topological polar surface area (TPSA) is 71.4 Å². The van der Waals surface area contributed by atoms with E-state index in [0.29, 0.717) is 33.5 Å². The molecule has 0 bridgehead atoms. The van der Waals surface area contributed by atoms with Crippen LogP contribution in [0, 0.1) is 0 Å². The summed E-state index contributed by atoms with van der Waals surface area (Å²) in [6.07, 6.45) is 3.63. The molecule has 2 aliphatic rings. The molecular weight excluding hydrogens is 510 g/mol. The highest BCUT2D eigenvalue weighted by Crippen LogP contribution is 2.39. The van der Waals surface area contributed by atoms with Gasteiger partial charge in [0, 0.05) is 35.8 Å². The number of likely N-dealkylation sites (tertiary alicyclic amines) is 1. The van der Waals surface area contributed by atoms with Gasteiger partial charge in [-0.05, 0) is 55.0 Å². The predicted octanol–water partition coefficient (Wildman–Crippen LogP) is 3.78. The fourth-order valence-corrected chi connectivity index (χ4v) is 5.70. The number of anilines is 1. The van der Waals surface area contributed by atoms with Gasteiger partial charge in [-0.25, -0.2) is 9.69 Å². The Morgan fingerprint density at radius 1 is 1.08 bits per heavy atom. The lowest BCUT2D eigenvalue weighted by molar-refractivity contribution is -0.885. The van der Waals surface area contributed by atoms with Gasteiger partial charge in [0.25, 0.3) is 11.8 Å². The van der Waals surface area contributed by atoms with Gasteiger partial charge in [0.15, 0.2) is 0 Å². The summed E-state index contributed by atoms with van der Waals surface area (Å²) in [5.74, 6) is -1.14. The minimum absolute atomic E-state index is 0.177. The van der Waals surface area contributed by atoms with Crippen LogP contribution in [0.3, 0.4) is 0 Å². The number of unbranched alkanes of at least 4 members (excludes halogenated alkanes) is 1. The number of carbonyl (C=O) groups excluding carboxylic acids is 3. The number of halogens is 1. The SMILES string of the molecule is CCCCOC(=O)c1ccc(N2C(=O)C(Sc3ccc(Cl)cc3)=C(N(C)C3CC[NH+](C)CC3)C2=O)cc1. The Morgan fingerprint density at radius 3 is 2.35 bits per heavy atom. The molecule has 0 spiro atoms. The van der Waals surface area contributed by atoms with Crippen LogP contribution in [0.25, 0.3) is 0 Å². The first-order valence-electron chi connectivity index (χ1n) is 12.7. The minimum atomic E-state index is -0.416. The molecule has 4 rings (SSSR count). The van der Waals surface area contributed by atoms with Crippen LogP contribution in [0.4, 0.5) is 5.69 Å². The van der Waals surface area contributed by atoms with Crippen LogP contribution in [0.5, 0.6) is 0 Å². The number of quaternary nitrogens is 1. The summed E-state index contributed by atoms with van der Waals surface area (Å²) in [4.78, 5) is 45.7. The summed E-state index contributed by atoms with van der Waals surface area (Å²) in [7, 11) is 4.08. The van der Waals surface area contributed by atoms with Gasteiger partial charge in [0.1, 0.15) is 10.6 Å². The molecule has 0 aromatic heterocycles. The van der Waals surface area contributed by atoms with Crippen LogP contribution in [0.2, 0.25) is 5.02 Å². The highest BCUT2D eigenvalue weighted by Gasteiger charge is 2.43. The maximum absolute atomic E-state index is 13.8. The Labute approximate surface area is 227 Å². The summed E-state index contributed by atoms with van der Waals surface area (Å²) >= 11 is 7.33. The second kappa shape index (κ2) is 12.2. The van der Waals surface area contributed by atoms with E-state index in [2.05, 4.69) is 7.05 Å². The fraction of sp³-hybridized carbons (Fsp3) is 0.393. The minimum Gasteiger partial charge on any atom is -0.462 e. The van der Waals surface area contributed by atoms with Crippen LogP contribution in [0.15, 0.2) is 64.0 Å². The lowest BCUT2D eigenvalue weighted by Gasteiger charge is -2.35. The number of nitrogens with one attached hydrogen (secondary N) is 1. The molecule has 0 atom stereocenters. The molecule has 2 amide bonds. The number of nitrogens with zero attached hydrogens (tertiary/aromatic N) is 2. The summed E-state index contributed by atoms with van der Waals surface area (Å²) < 4.78 is 5.28. The number of likely N-dealkylation sites (N-methyl/N-ethyl adjacent to an activating group) is 1. The van der Waals surface area contributed by atoms with E-state index in [4.69, 9.17) is 16.3 Å². The van der Waals surface area contributed by atoms with Crippen molar-refractivity contribution in [2.24, 2.45) is 0 Å². The zero-order valence-corrected chi connectivity index (χ0v) is 23.0. The average Bonchev–Trinajstić information content (AvgIpc) is 3.14. The van der Waals surface area contributed by atoms with Crippen molar-refractivity contribution in [2.75, 3.05) is 38.7 Å². The van der Waals surface area contributed by atoms with Crippen molar-refractivity contribution in [2.45, 2.75) is 43.5 Å². The molecule has 1 N–H and O–H groups in total. The molecule has 7 nitrogen and oxygen atoms in total. The number of imide groups is 1. The molecule has 2 aliphatic heterocycles. The number of hydrogen-bond acceptors (Lipinski definition) is 6. The van der Waals surface area contributed by atoms with Crippen molar-refractivity contribution in [3.8, 4) is 0 Å². The number of rotatable bonds is 9. The van der Waals surface area contributed by atoms with Gasteiger partial charge in [0.05, 0.1) is 38.0 Å². The van der Waals surface area contributed by atoms with E-state index in [1.165, 1.54) is 21.6 Å². The van der Waals surface area contributed by atoms with Crippen LogP contribution < -0.4 is 9.80 Å². The average molecular weight is 543 g/mol. The quantitative estimate of drug-likeness (QED) is 0.295. The van der Waals surface area contributed by atoms with Gasteiger partial charge in [-0.2, -0.15) is 0 Å². The van der Waals surface area contributed by atoms with Gasteiger partial charge in [0.2, 0.25) is 0 Å². The third-order valence-corrected chi connectivity index (χ3v) is 8.18. The summed E-state index contributed by atoms with van der Waals surface area (Å²) in [5, 5.41) is 0.605. The summed E-state index contributed by atoms with van der Waals surface area (Å²) in [6, 6.07) is 13.8. The van der Waals surface area contributed by atoms with Gasteiger partial charge in [-0.15, -0.1) is 0 Å². The molecule has 9 heteroatoms. The van der Waals surface area contributed by atoms with E-state index in [-0.39, 0.29) is 17.9 Å². The van der Waals surface area contributed by atoms with Crippen molar-refractivity contribution in [1.82, 2.24) is 4.90 Å². The van der Waals surface area contributed by atoms with Gasteiger partial charge in [-0.1, -0.05) is 36.7 Å². The second-order valence-corrected chi connectivity index (χ2v) is 11.0. The van der Waals surface area contributed by atoms with E-state index >= 15 is 0 Å². The Kier molecular flexibility index (Phi) is 8.95. The van der Waals surface area contributed by atoms with Gasteiger partial charge in [-0.3, -0.25) is 9.59 Å². The number of piperidine rings is 1. The molecule has 0 unspecified atom stereocenters. The Hall–Kier alpha value is -2.81. The second-order valence-electron chi connectivity index (χ2n) is 9.51. The Balaban J connectivity index is 1.61. The van der Waals surface area contributed by atoms with Crippen molar-refractivity contribution < 1.29 is 24.0 Å². The first-order valence-corrected chi connectivity index (χ1v) is 13.9. The van der Waals surface area contributed by atoms with Crippen LogP contribution >= 0.6 is 23.4 Å². The number of carbonyl (C=O) groups is 3. The highest BCUT2D eigenvalue weighted by molar-refractivity contribution is 8.04. The van der Waals surface area contributed by atoms with E-state index in [1.54, 1.807) is 36.4 Å². The van der Waals surface area contributed by atoms with Crippen LogP contribution in [-0.4, -0.2) is 62.5 Å². The van der Waals surface area contributed by atoms with E-state index in [9.17, 15) is 14.4 Å². The number of thioether (sulfide) groups is 1. The molecular formula is C28H33ClN3O4S+. The van der Waals surface area contributed by atoms with Crippen molar-refractivity contribution in [1.29, 1.82) is 0 Å². The monoisotopic (exact) mass is 542 g/mol. The number of ether oxygens (including phenoxy) is 1. The Morgan fingerprint density at radius 2 is 1.73 bits per heavy atom. The van der Waals surface area contributed by atoms with Crippen molar-refractivity contribution >= 4 is 46.8 Å². The number of benzene rings is 2. The molecule has 1 fully saturated rings. The third kappa shape index (κ3) is 6.20. The van der Waals surface area contributed by atoms with E-state index in [1.807, 2.05) is 31.0 Å². The van der Waals surface area contributed by atoms with Crippen molar-refractivity contribution in [3.05, 3.63) is 69.7 Å². The van der Waals surface area contributed by atoms with Crippen LogP contribution in [-0.2, 0) is 14.3 Å². The normalized spacial score (nSPS) is 19.9. The highest BCUT2D eigenvalue weighted by atomic mass is 35.5. The predicted molar refractivity (Wildman–Crippen MR) is 146 cm³/mol. The maximum Gasteiger partial charge on any atom is 0.338 e. The number of esters is 1. The molecule has 0 aliphatic carbocycles. The first kappa shape index (κ1) is 27.2. The fourth-order valence-electron chi connectivity index (χ4n) is 4.56. The lowest BCUT2D eigenvalue weighted by Crippen LogP contribution is -3.10. The molecule has 2 heterocycles. The standard InChI is InChI=1S/C28H32ClN3O4S/c1-4-5-18-36-28(35)19-6-10-22(11-7-19)32-26(33)24(31(3)21-14-16-30(2)17-15-21)25(27(32)34)37-23-12-8-20(29)9-13-23/h6-13,21H,4-5,14-18H2,1-3H3/p+1. The Bertz CT molecular complexity index is 1170. The zero-order chi connectivity index (χ0) is 26.5. The largest absolute Gasteiger partial charge is 0.462 e. The summed E-state index contributed by atoms with van der Waals surface area (Å²) in [5.41, 5.74) is 1.22. The number of hydrogen-bond donors (Lipinski definition) is 1. The smallest absolute Gasteiger partial charge is 0.338 e. The molecule has 196 valence electrons. The van der Waals surface area contributed by atoms with Gasteiger partial charge >= 0.3 is 5.97 Å². The molecule has 2 aromatic carbocycles. The molecule has 37 heavy (non-hydrogen) atoms. The first-order chi connectivity index (χ1) is 17.8. The molecule has 0 saturated carbocycles. The van der Waals surface area contributed by atoms with E-state index < -0.39 is 5.97 Å². The lowest BCUT2D eigenvalue weighted by atomic mass is 10.0. The van der Waals surface area contributed by atoms with Crippen LogP contribution in [0.1, 0.15) is 43.0 Å². The zero-order valence-electron chi connectivity index (χ0n) is 21.5. The number of amides is 2. The molecule has 2 aromatic rings. The van der Waals surface area contributed by atoms with E-state index in [0.717, 1.165) is 43.7 Å². The molecule has 0 radical (unpaired) electrons. The van der Waals surface area contributed by atoms with Crippen molar-refractivity contribution in [3.63, 3.8) is 0 Å². The van der Waals surface area contributed by atoms with Gasteiger partial charge < -0.3 is 14.5 Å².